The summed E-state index contributed by atoms with van der Waals surface area (Å²) in [6, 6.07) is 14.8. The lowest BCUT2D eigenvalue weighted by molar-refractivity contribution is -0.385. The first-order valence-electron chi connectivity index (χ1n) is 7.85. The molecule has 0 saturated carbocycles. The smallest absolute Gasteiger partial charge is 0.273 e. The Balaban J connectivity index is 1.80. The lowest BCUT2D eigenvalue weighted by Crippen LogP contribution is -2.35. The van der Waals surface area contributed by atoms with Crippen molar-refractivity contribution >= 4 is 17.2 Å². The highest BCUT2D eigenvalue weighted by Crippen LogP contribution is 2.26. The number of carbonyl (C=O) groups is 1. The zero-order valence-corrected chi connectivity index (χ0v) is 13.4. The van der Waals surface area contributed by atoms with E-state index in [0.29, 0.717) is 24.2 Å². The van der Waals surface area contributed by atoms with E-state index in [1.165, 1.54) is 17.2 Å². The molecule has 0 aliphatic carbocycles. The quantitative estimate of drug-likeness (QED) is 0.637. The van der Waals surface area contributed by atoms with Crippen molar-refractivity contribution in [2.45, 2.75) is 13.3 Å². The molecule has 0 aromatic heterocycles. The van der Waals surface area contributed by atoms with Crippen LogP contribution in [0, 0.1) is 17.0 Å². The van der Waals surface area contributed by atoms with Crippen molar-refractivity contribution in [2.24, 2.45) is 0 Å². The third-order valence-corrected chi connectivity index (χ3v) is 4.37. The summed E-state index contributed by atoms with van der Waals surface area (Å²) in [5.74, 6) is -0.153. The molecule has 0 spiro atoms. The lowest BCUT2D eigenvalue weighted by atomic mass is 9.98. The molecule has 122 valence electrons. The molecule has 1 aliphatic heterocycles. The molecule has 3 rings (SSSR count). The average molecular weight is 322 g/mol. The molecule has 0 radical (unpaired) electrons. The van der Waals surface area contributed by atoms with Gasteiger partial charge >= 0.3 is 0 Å². The van der Waals surface area contributed by atoms with E-state index >= 15 is 0 Å². The highest BCUT2D eigenvalue weighted by Gasteiger charge is 2.23. The van der Waals surface area contributed by atoms with Gasteiger partial charge in [-0.3, -0.25) is 14.9 Å². The molecule has 1 amide bonds. The average Bonchev–Trinajstić information content (AvgIpc) is 2.62. The number of hydrogen-bond donors (Lipinski definition) is 0. The van der Waals surface area contributed by atoms with E-state index in [1.807, 2.05) is 18.2 Å². The molecular weight excluding hydrogens is 304 g/mol. The lowest BCUT2D eigenvalue weighted by Gasteiger charge is -2.27. The Kier molecular flexibility index (Phi) is 4.42. The van der Waals surface area contributed by atoms with E-state index in [4.69, 9.17) is 0 Å². The molecule has 2 aromatic rings. The maximum Gasteiger partial charge on any atom is 0.273 e. The van der Waals surface area contributed by atoms with E-state index in [1.54, 1.807) is 24.0 Å². The molecule has 0 N–H and O–H groups in total. The molecule has 1 aliphatic rings. The van der Waals surface area contributed by atoms with Crippen LogP contribution < -0.4 is 0 Å². The Morgan fingerprint density at radius 2 is 1.88 bits per heavy atom. The fourth-order valence-electron chi connectivity index (χ4n) is 2.99. The van der Waals surface area contributed by atoms with Gasteiger partial charge in [-0.05, 0) is 30.5 Å². The summed E-state index contributed by atoms with van der Waals surface area (Å²) in [6.45, 7) is 2.76. The first-order valence-corrected chi connectivity index (χ1v) is 7.85. The summed E-state index contributed by atoms with van der Waals surface area (Å²) < 4.78 is 0. The minimum Gasteiger partial charge on any atom is -0.335 e. The Labute approximate surface area is 140 Å². The van der Waals surface area contributed by atoms with Gasteiger partial charge in [0.2, 0.25) is 0 Å². The Morgan fingerprint density at radius 1 is 1.12 bits per heavy atom. The third-order valence-electron chi connectivity index (χ3n) is 4.37. The Morgan fingerprint density at radius 3 is 2.50 bits per heavy atom. The zero-order chi connectivity index (χ0) is 17.1. The molecule has 0 unspecified atom stereocenters. The van der Waals surface area contributed by atoms with Crippen LogP contribution in [-0.4, -0.2) is 28.8 Å². The standard InChI is InChI=1S/C19H18N2O3/c1-14-17(8-5-9-18(14)21(23)24)19(22)20-12-10-16(11-13-20)15-6-3-2-4-7-15/h2-10H,11-13H2,1H3. The number of benzene rings is 2. The highest BCUT2D eigenvalue weighted by molar-refractivity contribution is 5.97. The summed E-state index contributed by atoms with van der Waals surface area (Å²) in [4.78, 5) is 25.0. The summed E-state index contributed by atoms with van der Waals surface area (Å²) in [7, 11) is 0. The molecule has 0 fully saturated rings. The summed E-state index contributed by atoms with van der Waals surface area (Å²) in [6.07, 6.45) is 2.84. The third kappa shape index (κ3) is 3.06. The van der Waals surface area contributed by atoms with Crippen LogP contribution >= 0.6 is 0 Å². The molecule has 1 heterocycles. The highest BCUT2D eigenvalue weighted by atomic mass is 16.6. The SMILES string of the molecule is Cc1c(C(=O)N2CC=C(c3ccccc3)CC2)cccc1[N+](=O)[O-]. The topological polar surface area (TPSA) is 63.5 Å². The minimum atomic E-state index is -0.449. The van der Waals surface area contributed by atoms with Crippen LogP contribution in [-0.2, 0) is 0 Å². The van der Waals surface area contributed by atoms with Gasteiger partial charge in [0.05, 0.1) is 4.92 Å². The van der Waals surface area contributed by atoms with Crippen molar-refractivity contribution in [2.75, 3.05) is 13.1 Å². The van der Waals surface area contributed by atoms with E-state index in [0.717, 1.165) is 6.42 Å². The first-order chi connectivity index (χ1) is 11.6. The second-order valence-electron chi connectivity index (χ2n) is 5.80. The van der Waals surface area contributed by atoms with Gasteiger partial charge in [0.25, 0.3) is 11.6 Å². The van der Waals surface area contributed by atoms with Gasteiger partial charge in [-0.2, -0.15) is 0 Å². The number of amides is 1. The number of nitrogens with zero attached hydrogens (tertiary/aromatic N) is 2. The van der Waals surface area contributed by atoms with Crippen LogP contribution in [0.3, 0.4) is 0 Å². The number of rotatable bonds is 3. The van der Waals surface area contributed by atoms with Gasteiger partial charge < -0.3 is 4.90 Å². The molecule has 0 bridgehead atoms. The summed E-state index contributed by atoms with van der Waals surface area (Å²) in [5, 5.41) is 11.0. The number of nitro benzene ring substituents is 1. The number of carbonyl (C=O) groups excluding carboxylic acids is 1. The van der Waals surface area contributed by atoms with Crippen molar-refractivity contribution in [3.8, 4) is 0 Å². The van der Waals surface area contributed by atoms with Crippen LogP contribution in [0.25, 0.3) is 5.57 Å². The van der Waals surface area contributed by atoms with E-state index in [-0.39, 0.29) is 11.6 Å². The van der Waals surface area contributed by atoms with Gasteiger partial charge in [-0.1, -0.05) is 42.5 Å². The molecule has 2 aromatic carbocycles. The molecule has 0 saturated heterocycles. The maximum absolute atomic E-state index is 12.7. The van der Waals surface area contributed by atoms with Crippen molar-refractivity contribution in [1.29, 1.82) is 0 Å². The van der Waals surface area contributed by atoms with Crippen LogP contribution in [0.2, 0.25) is 0 Å². The zero-order valence-electron chi connectivity index (χ0n) is 13.4. The Bertz CT molecular complexity index is 813. The van der Waals surface area contributed by atoms with Crippen molar-refractivity contribution < 1.29 is 9.72 Å². The van der Waals surface area contributed by atoms with Gasteiger partial charge in [-0.25, -0.2) is 0 Å². The van der Waals surface area contributed by atoms with Crippen LogP contribution in [0.1, 0.15) is 27.9 Å². The molecule has 5 heteroatoms. The van der Waals surface area contributed by atoms with Gasteiger partial charge in [0.15, 0.2) is 0 Å². The minimum absolute atomic E-state index is 0.0154. The Hall–Kier alpha value is -2.95. The summed E-state index contributed by atoms with van der Waals surface area (Å²) in [5.41, 5.74) is 3.22. The normalized spacial score (nSPS) is 14.2. The molecule has 0 atom stereocenters. The number of nitro groups is 1. The van der Waals surface area contributed by atoms with Gasteiger partial charge in [0, 0.05) is 30.3 Å². The van der Waals surface area contributed by atoms with Crippen molar-refractivity contribution in [1.82, 2.24) is 4.90 Å². The predicted octanol–water partition coefficient (Wildman–Crippen LogP) is 3.83. The van der Waals surface area contributed by atoms with E-state index in [9.17, 15) is 14.9 Å². The van der Waals surface area contributed by atoms with Crippen LogP contribution in [0.4, 0.5) is 5.69 Å². The van der Waals surface area contributed by atoms with Crippen molar-refractivity contribution in [3.63, 3.8) is 0 Å². The van der Waals surface area contributed by atoms with Crippen LogP contribution in [0.5, 0.6) is 0 Å². The molecular formula is C19H18N2O3. The maximum atomic E-state index is 12.7. The first kappa shape index (κ1) is 15.9. The summed E-state index contributed by atoms with van der Waals surface area (Å²) >= 11 is 0. The monoisotopic (exact) mass is 322 g/mol. The predicted molar refractivity (Wildman–Crippen MR) is 92.8 cm³/mol. The van der Waals surface area contributed by atoms with E-state index < -0.39 is 4.92 Å². The van der Waals surface area contributed by atoms with E-state index in [2.05, 4.69) is 18.2 Å². The second-order valence-corrected chi connectivity index (χ2v) is 5.80. The largest absolute Gasteiger partial charge is 0.335 e. The number of hydrogen-bond acceptors (Lipinski definition) is 3. The van der Waals surface area contributed by atoms with Gasteiger partial charge in [0.1, 0.15) is 0 Å². The fraction of sp³-hybridized carbons (Fsp3) is 0.211. The second kappa shape index (κ2) is 6.66. The van der Waals surface area contributed by atoms with Crippen LogP contribution in [0.15, 0.2) is 54.6 Å². The van der Waals surface area contributed by atoms with Gasteiger partial charge in [-0.15, -0.1) is 0 Å². The molecule has 5 nitrogen and oxygen atoms in total. The fourth-order valence-corrected chi connectivity index (χ4v) is 2.99. The van der Waals surface area contributed by atoms with Crippen molar-refractivity contribution in [3.05, 3.63) is 81.4 Å². The molecule has 24 heavy (non-hydrogen) atoms.